The average Bonchev–Trinajstić information content (AvgIpc) is 2.80. The minimum absolute atomic E-state index is 0.0578. The Hall–Kier alpha value is -2.30. The van der Waals surface area contributed by atoms with Crippen LogP contribution in [-0.2, 0) is 7.05 Å². The lowest BCUT2D eigenvalue weighted by atomic mass is 10.1. The van der Waals surface area contributed by atoms with E-state index in [4.69, 9.17) is 0 Å². The van der Waals surface area contributed by atoms with E-state index in [0.717, 1.165) is 23.7 Å². The van der Waals surface area contributed by atoms with Gasteiger partial charge in [0.1, 0.15) is 0 Å². The number of hydrogen-bond acceptors (Lipinski definition) is 2. The molecule has 1 saturated carbocycles. The van der Waals surface area contributed by atoms with Gasteiger partial charge in [-0.15, -0.1) is 0 Å². The number of aromatic nitrogens is 1. The molecule has 1 fully saturated rings. The Morgan fingerprint density at radius 1 is 1.09 bits per heavy atom. The number of carbonyl (C=O) groups is 1. The van der Waals surface area contributed by atoms with Gasteiger partial charge < -0.3 is 15.2 Å². The van der Waals surface area contributed by atoms with E-state index >= 15 is 0 Å². The van der Waals surface area contributed by atoms with Gasteiger partial charge in [-0.1, -0.05) is 31.7 Å². The summed E-state index contributed by atoms with van der Waals surface area (Å²) >= 11 is 0. The third-order valence-electron chi connectivity index (χ3n) is 4.58. The molecule has 2 aromatic rings. The highest BCUT2D eigenvalue weighted by Crippen LogP contribution is 2.19. The van der Waals surface area contributed by atoms with Crippen LogP contribution in [0.1, 0.15) is 38.5 Å². The lowest BCUT2D eigenvalue weighted by Crippen LogP contribution is -2.37. The van der Waals surface area contributed by atoms with Crippen molar-refractivity contribution in [3.05, 3.63) is 40.7 Å². The second-order valence-electron chi connectivity index (χ2n) is 6.29. The van der Waals surface area contributed by atoms with Crippen LogP contribution in [0.25, 0.3) is 10.9 Å². The fourth-order valence-corrected chi connectivity index (χ4v) is 3.22. The number of nitrogens with zero attached hydrogens (tertiary/aromatic N) is 1. The van der Waals surface area contributed by atoms with Gasteiger partial charge in [-0.05, 0) is 36.4 Å². The highest BCUT2D eigenvalue weighted by atomic mass is 16.2. The number of pyridine rings is 1. The van der Waals surface area contributed by atoms with Crippen molar-refractivity contribution in [1.82, 2.24) is 9.88 Å². The lowest BCUT2D eigenvalue weighted by Gasteiger charge is -2.17. The molecule has 5 nitrogen and oxygen atoms in total. The molecule has 2 N–H and O–H groups in total. The van der Waals surface area contributed by atoms with Gasteiger partial charge in [-0.25, -0.2) is 4.79 Å². The molecule has 1 aliphatic rings. The molecule has 0 radical (unpaired) electrons. The average molecular weight is 313 g/mol. The quantitative estimate of drug-likeness (QED) is 0.835. The Labute approximate surface area is 135 Å². The highest BCUT2D eigenvalue weighted by Gasteiger charge is 2.14. The first-order valence-corrected chi connectivity index (χ1v) is 8.31. The molecule has 122 valence electrons. The predicted molar refractivity (Wildman–Crippen MR) is 92.8 cm³/mol. The minimum atomic E-state index is -0.169. The number of nitrogens with one attached hydrogen (secondary N) is 2. The van der Waals surface area contributed by atoms with E-state index < -0.39 is 0 Å². The molecule has 2 amide bonds. The molecule has 3 rings (SSSR count). The van der Waals surface area contributed by atoms with Crippen molar-refractivity contribution < 1.29 is 4.79 Å². The molecular weight excluding hydrogens is 290 g/mol. The molecule has 1 aliphatic carbocycles. The topological polar surface area (TPSA) is 63.1 Å². The van der Waals surface area contributed by atoms with Gasteiger partial charge in [0.15, 0.2) is 0 Å². The molecule has 0 spiro atoms. The Morgan fingerprint density at radius 2 is 1.78 bits per heavy atom. The maximum atomic E-state index is 12.2. The molecule has 5 heteroatoms. The van der Waals surface area contributed by atoms with Gasteiger partial charge >= 0.3 is 6.03 Å². The summed E-state index contributed by atoms with van der Waals surface area (Å²) < 4.78 is 1.59. The van der Waals surface area contributed by atoms with Crippen LogP contribution in [0.3, 0.4) is 0 Å². The zero-order chi connectivity index (χ0) is 16.2. The number of fused-ring (bicyclic) bond motifs is 1. The maximum absolute atomic E-state index is 12.2. The largest absolute Gasteiger partial charge is 0.335 e. The van der Waals surface area contributed by atoms with Crippen LogP contribution in [0.5, 0.6) is 0 Å². The number of aryl methyl sites for hydroxylation is 1. The van der Waals surface area contributed by atoms with Crippen molar-refractivity contribution in [2.24, 2.45) is 7.05 Å². The molecular formula is C18H23N3O2. The van der Waals surface area contributed by atoms with Crippen LogP contribution in [0.15, 0.2) is 35.1 Å². The summed E-state index contributed by atoms with van der Waals surface area (Å²) in [5, 5.41) is 6.92. The van der Waals surface area contributed by atoms with Gasteiger partial charge in [0, 0.05) is 24.8 Å². The number of anilines is 1. The normalized spacial score (nSPS) is 16.0. The zero-order valence-electron chi connectivity index (χ0n) is 13.5. The van der Waals surface area contributed by atoms with Crippen molar-refractivity contribution in [2.45, 2.75) is 44.6 Å². The first-order chi connectivity index (χ1) is 11.1. The van der Waals surface area contributed by atoms with E-state index in [-0.39, 0.29) is 17.6 Å². The zero-order valence-corrected chi connectivity index (χ0v) is 13.5. The monoisotopic (exact) mass is 313 g/mol. The van der Waals surface area contributed by atoms with Crippen LogP contribution in [0.4, 0.5) is 10.5 Å². The van der Waals surface area contributed by atoms with E-state index in [0.29, 0.717) is 5.69 Å². The van der Waals surface area contributed by atoms with Gasteiger partial charge in [0.2, 0.25) is 0 Å². The van der Waals surface area contributed by atoms with E-state index in [1.165, 1.54) is 25.7 Å². The van der Waals surface area contributed by atoms with Crippen LogP contribution < -0.4 is 16.2 Å². The first kappa shape index (κ1) is 15.6. The van der Waals surface area contributed by atoms with Crippen molar-refractivity contribution in [3.63, 3.8) is 0 Å². The second-order valence-corrected chi connectivity index (χ2v) is 6.29. The SMILES string of the molecule is Cn1c(=O)ccc2ccc(NC(=O)NC3CCCCCC3)cc21. The van der Waals surface area contributed by atoms with Gasteiger partial charge in [-0.2, -0.15) is 0 Å². The number of benzene rings is 1. The fourth-order valence-electron chi connectivity index (χ4n) is 3.22. The molecule has 0 atom stereocenters. The summed E-state index contributed by atoms with van der Waals surface area (Å²) in [5.74, 6) is 0. The summed E-state index contributed by atoms with van der Waals surface area (Å²) in [6.07, 6.45) is 7.00. The molecule has 1 aromatic heterocycles. The fraction of sp³-hybridized carbons (Fsp3) is 0.444. The van der Waals surface area contributed by atoms with Crippen LogP contribution in [0.2, 0.25) is 0 Å². The number of carbonyl (C=O) groups excluding carboxylic acids is 1. The smallest absolute Gasteiger partial charge is 0.319 e. The van der Waals surface area contributed by atoms with Crippen LogP contribution in [-0.4, -0.2) is 16.6 Å². The summed E-state index contributed by atoms with van der Waals surface area (Å²) in [6.45, 7) is 0. The van der Waals surface area contributed by atoms with E-state index in [1.807, 2.05) is 18.2 Å². The lowest BCUT2D eigenvalue weighted by molar-refractivity contribution is 0.247. The number of urea groups is 1. The van der Waals surface area contributed by atoms with E-state index in [2.05, 4.69) is 10.6 Å². The highest BCUT2D eigenvalue weighted by molar-refractivity contribution is 5.92. The van der Waals surface area contributed by atoms with Gasteiger partial charge in [0.25, 0.3) is 5.56 Å². The summed E-state index contributed by atoms with van der Waals surface area (Å²) in [4.78, 5) is 23.9. The number of amides is 2. The minimum Gasteiger partial charge on any atom is -0.335 e. The van der Waals surface area contributed by atoms with Crippen molar-refractivity contribution >= 4 is 22.6 Å². The number of rotatable bonds is 2. The van der Waals surface area contributed by atoms with Crippen LogP contribution >= 0.6 is 0 Å². The molecule has 0 unspecified atom stereocenters. The molecule has 1 heterocycles. The summed E-state index contributed by atoms with van der Waals surface area (Å²) in [5.41, 5.74) is 1.45. The third kappa shape index (κ3) is 3.73. The van der Waals surface area contributed by atoms with Crippen molar-refractivity contribution in [1.29, 1.82) is 0 Å². The van der Waals surface area contributed by atoms with Crippen LogP contribution in [0, 0.1) is 0 Å². The second kappa shape index (κ2) is 6.86. The van der Waals surface area contributed by atoms with Gasteiger partial charge in [0.05, 0.1) is 5.52 Å². The van der Waals surface area contributed by atoms with Crippen molar-refractivity contribution in [3.8, 4) is 0 Å². The van der Waals surface area contributed by atoms with Gasteiger partial charge in [-0.3, -0.25) is 4.79 Å². The summed E-state index contributed by atoms with van der Waals surface area (Å²) in [6, 6.07) is 9.06. The Bertz CT molecular complexity index is 758. The Kier molecular flexibility index (Phi) is 4.65. The molecule has 0 saturated heterocycles. The van der Waals surface area contributed by atoms with E-state index in [9.17, 15) is 9.59 Å². The van der Waals surface area contributed by atoms with E-state index in [1.54, 1.807) is 23.7 Å². The predicted octanol–water partition coefficient (Wildman–Crippen LogP) is 3.38. The molecule has 0 bridgehead atoms. The standard InChI is InChI=1S/C18H23N3O2/c1-21-16-12-15(10-8-13(16)9-11-17(21)22)20-18(23)19-14-6-4-2-3-5-7-14/h8-12,14H,2-7H2,1H3,(H2,19,20,23). The third-order valence-corrected chi connectivity index (χ3v) is 4.58. The molecule has 23 heavy (non-hydrogen) atoms. The summed E-state index contributed by atoms with van der Waals surface area (Å²) in [7, 11) is 1.74. The number of hydrogen-bond donors (Lipinski definition) is 2. The Balaban J connectivity index is 1.71. The van der Waals surface area contributed by atoms with Crippen molar-refractivity contribution in [2.75, 3.05) is 5.32 Å². The maximum Gasteiger partial charge on any atom is 0.319 e. The Morgan fingerprint density at radius 3 is 2.52 bits per heavy atom. The first-order valence-electron chi connectivity index (χ1n) is 8.31. The molecule has 0 aliphatic heterocycles. The molecule has 1 aromatic carbocycles.